The maximum atomic E-state index is 13.1. The number of piperidine rings is 2. The summed E-state index contributed by atoms with van der Waals surface area (Å²) in [5.41, 5.74) is 2.60. The summed E-state index contributed by atoms with van der Waals surface area (Å²) in [7, 11) is 1.74. The highest BCUT2D eigenvalue weighted by molar-refractivity contribution is 6.00. The van der Waals surface area contributed by atoms with Crippen LogP contribution in [0.25, 0.3) is 11.0 Å². The van der Waals surface area contributed by atoms with Gasteiger partial charge in [-0.1, -0.05) is 6.07 Å². The Hall–Kier alpha value is -2.61. The van der Waals surface area contributed by atoms with Crippen molar-refractivity contribution >= 4 is 28.5 Å². The third kappa shape index (κ3) is 2.80. The van der Waals surface area contributed by atoms with Crippen molar-refractivity contribution < 1.29 is 14.7 Å². The lowest BCUT2D eigenvalue weighted by Gasteiger charge is -2.51. The number of imide groups is 1. The minimum Gasteiger partial charge on any atom is -0.393 e. The molecular weight excluding hydrogens is 372 g/mol. The summed E-state index contributed by atoms with van der Waals surface area (Å²) in [5.74, 6) is -0.701. The molecule has 2 amide bonds. The highest BCUT2D eigenvalue weighted by atomic mass is 16.3. The molecule has 29 heavy (non-hydrogen) atoms. The number of amides is 2. The second kappa shape index (κ2) is 6.45. The molecule has 1 spiro atoms. The van der Waals surface area contributed by atoms with Gasteiger partial charge in [0.25, 0.3) is 0 Å². The molecule has 2 N–H and O–H groups in total. The Bertz CT molecular complexity index is 1050. The van der Waals surface area contributed by atoms with Crippen molar-refractivity contribution in [1.29, 1.82) is 0 Å². The number of carbonyl (C=O) groups is 2. The highest BCUT2D eigenvalue weighted by Gasteiger charge is 2.45. The Kier molecular flexibility index (Phi) is 4.10. The molecule has 1 unspecified atom stereocenters. The molecule has 1 aromatic heterocycles. The second-order valence-electron chi connectivity index (χ2n) is 8.87. The van der Waals surface area contributed by atoms with Crippen LogP contribution in [-0.4, -0.2) is 45.2 Å². The number of aliphatic hydroxyl groups is 1. The number of benzene rings is 1. The molecule has 154 valence electrons. The molecule has 1 aliphatic carbocycles. The number of nitrogens with one attached hydrogen (secondary N) is 1. The van der Waals surface area contributed by atoms with Crippen LogP contribution in [0.5, 0.6) is 0 Å². The van der Waals surface area contributed by atoms with E-state index in [0.29, 0.717) is 6.42 Å². The van der Waals surface area contributed by atoms with Crippen molar-refractivity contribution in [2.75, 3.05) is 18.0 Å². The zero-order valence-electron chi connectivity index (χ0n) is 16.6. The number of hydrogen-bond donors (Lipinski definition) is 2. The van der Waals surface area contributed by atoms with Gasteiger partial charge in [0.15, 0.2) is 0 Å². The van der Waals surface area contributed by atoms with E-state index in [1.165, 1.54) is 4.57 Å². The van der Waals surface area contributed by atoms with Crippen LogP contribution in [0.3, 0.4) is 0 Å². The van der Waals surface area contributed by atoms with Crippen molar-refractivity contribution in [3.8, 4) is 0 Å². The Labute approximate surface area is 168 Å². The third-order valence-corrected chi connectivity index (χ3v) is 7.11. The number of fused-ring (bicyclic) bond motifs is 1. The van der Waals surface area contributed by atoms with E-state index in [1.807, 2.05) is 18.2 Å². The molecular formula is C21H26N4O4. The van der Waals surface area contributed by atoms with Crippen LogP contribution in [0.2, 0.25) is 0 Å². The SMILES string of the molecule is Cn1c(=O)n(C2CCC(=O)NC2=O)c2cccc(N3CCC4(CC3)CC(O)C4)c21. The van der Waals surface area contributed by atoms with Gasteiger partial charge in [-0.2, -0.15) is 0 Å². The van der Waals surface area contributed by atoms with E-state index in [9.17, 15) is 19.5 Å². The molecule has 0 bridgehead atoms. The molecule has 8 nitrogen and oxygen atoms in total. The number of aliphatic hydroxyl groups excluding tert-OH is 1. The van der Waals surface area contributed by atoms with Gasteiger partial charge in [-0.05, 0) is 49.7 Å². The molecule has 3 fully saturated rings. The van der Waals surface area contributed by atoms with E-state index in [0.717, 1.165) is 55.5 Å². The van der Waals surface area contributed by atoms with E-state index in [-0.39, 0.29) is 29.5 Å². The minimum atomic E-state index is -0.666. The summed E-state index contributed by atoms with van der Waals surface area (Å²) in [5, 5.41) is 12.1. The van der Waals surface area contributed by atoms with Gasteiger partial charge >= 0.3 is 5.69 Å². The van der Waals surface area contributed by atoms with Gasteiger partial charge in [-0.3, -0.25) is 24.0 Å². The van der Waals surface area contributed by atoms with Crippen LogP contribution < -0.4 is 15.9 Å². The van der Waals surface area contributed by atoms with Crippen molar-refractivity contribution in [1.82, 2.24) is 14.5 Å². The fraction of sp³-hybridized carbons (Fsp3) is 0.571. The number of nitrogens with zero attached hydrogens (tertiary/aromatic N) is 3. The monoisotopic (exact) mass is 398 g/mol. The maximum absolute atomic E-state index is 13.1. The second-order valence-corrected chi connectivity index (χ2v) is 8.87. The first-order valence-corrected chi connectivity index (χ1v) is 10.4. The normalized spacial score (nSPS) is 24.8. The number of rotatable bonds is 2. The largest absolute Gasteiger partial charge is 0.393 e. The number of imidazole rings is 1. The smallest absolute Gasteiger partial charge is 0.329 e. The summed E-state index contributed by atoms with van der Waals surface area (Å²) in [4.78, 5) is 39.3. The molecule has 5 rings (SSSR count). The number of aryl methyl sites for hydroxylation is 1. The fourth-order valence-corrected chi connectivity index (χ4v) is 5.47. The molecule has 8 heteroatoms. The molecule has 2 saturated heterocycles. The molecule has 3 aliphatic rings. The zero-order valence-corrected chi connectivity index (χ0v) is 16.6. The summed E-state index contributed by atoms with van der Waals surface area (Å²) in [6.07, 6.45) is 4.31. The van der Waals surface area contributed by atoms with Crippen LogP contribution in [0, 0.1) is 5.41 Å². The predicted molar refractivity (Wildman–Crippen MR) is 108 cm³/mol. The molecule has 3 heterocycles. The predicted octanol–water partition coefficient (Wildman–Crippen LogP) is 1.06. The first kappa shape index (κ1) is 18.4. The topological polar surface area (TPSA) is 96.6 Å². The summed E-state index contributed by atoms with van der Waals surface area (Å²) < 4.78 is 3.15. The van der Waals surface area contributed by atoms with Crippen LogP contribution in [0.1, 0.15) is 44.6 Å². The van der Waals surface area contributed by atoms with Crippen molar-refractivity contribution in [3.05, 3.63) is 28.7 Å². The molecule has 2 aromatic rings. The summed E-state index contributed by atoms with van der Waals surface area (Å²) >= 11 is 0. The Morgan fingerprint density at radius 3 is 2.52 bits per heavy atom. The van der Waals surface area contributed by atoms with Gasteiger partial charge in [0.05, 0.1) is 22.8 Å². The van der Waals surface area contributed by atoms with E-state index in [1.54, 1.807) is 11.6 Å². The summed E-state index contributed by atoms with van der Waals surface area (Å²) in [6, 6.07) is 5.17. The van der Waals surface area contributed by atoms with Crippen molar-refractivity contribution in [2.24, 2.45) is 12.5 Å². The van der Waals surface area contributed by atoms with Crippen LogP contribution >= 0.6 is 0 Å². The Morgan fingerprint density at radius 1 is 1.14 bits per heavy atom. The lowest BCUT2D eigenvalue weighted by molar-refractivity contribution is -0.135. The quantitative estimate of drug-likeness (QED) is 0.738. The fourth-order valence-electron chi connectivity index (χ4n) is 5.47. The van der Waals surface area contributed by atoms with E-state index < -0.39 is 11.9 Å². The lowest BCUT2D eigenvalue weighted by Crippen LogP contribution is -2.49. The molecule has 1 aromatic carbocycles. The van der Waals surface area contributed by atoms with Crippen molar-refractivity contribution in [2.45, 2.75) is 50.7 Å². The Balaban J connectivity index is 1.51. The molecule has 1 atom stereocenters. The van der Waals surface area contributed by atoms with Crippen LogP contribution in [0.4, 0.5) is 5.69 Å². The third-order valence-electron chi connectivity index (χ3n) is 7.11. The average molecular weight is 398 g/mol. The Morgan fingerprint density at radius 2 is 1.86 bits per heavy atom. The molecule has 2 aliphatic heterocycles. The van der Waals surface area contributed by atoms with E-state index in [4.69, 9.17) is 0 Å². The standard InChI is InChI=1S/C21H26N4O4/c1-23-18-14(24-9-7-21(8-10-24)11-13(26)12-21)3-2-4-15(18)25(20(23)29)16-5-6-17(27)22-19(16)28/h2-4,13,16,26H,5-12H2,1H3,(H,22,27,28). The number of aromatic nitrogens is 2. The number of anilines is 1. The lowest BCUT2D eigenvalue weighted by atomic mass is 9.61. The molecule has 1 saturated carbocycles. The first-order valence-electron chi connectivity index (χ1n) is 10.4. The van der Waals surface area contributed by atoms with Crippen LogP contribution in [-0.2, 0) is 16.6 Å². The molecule has 0 radical (unpaired) electrons. The maximum Gasteiger partial charge on any atom is 0.329 e. The van der Waals surface area contributed by atoms with Gasteiger partial charge in [-0.25, -0.2) is 4.79 Å². The van der Waals surface area contributed by atoms with Crippen LogP contribution in [0.15, 0.2) is 23.0 Å². The number of carbonyl (C=O) groups excluding carboxylic acids is 2. The zero-order chi connectivity index (χ0) is 20.3. The van der Waals surface area contributed by atoms with Gasteiger partial charge in [-0.15, -0.1) is 0 Å². The number of para-hydroxylation sites is 1. The van der Waals surface area contributed by atoms with E-state index in [2.05, 4.69) is 10.2 Å². The van der Waals surface area contributed by atoms with Gasteiger partial charge in [0.1, 0.15) is 6.04 Å². The van der Waals surface area contributed by atoms with E-state index >= 15 is 0 Å². The highest BCUT2D eigenvalue weighted by Crippen LogP contribution is 2.49. The van der Waals surface area contributed by atoms with Gasteiger partial charge in [0, 0.05) is 26.6 Å². The van der Waals surface area contributed by atoms with Gasteiger partial charge < -0.3 is 10.0 Å². The first-order chi connectivity index (χ1) is 13.9. The summed E-state index contributed by atoms with van der Waals surface area (Å²) in [6.45, 7) is 1.78. The number of hydrogen-bond acceptors (Lipinski definition) is 5. The van der Waals surface area contributed by atoms with Gasteiger partial charge in [0.2, 0.25) is 11.8 Å². The van der Waals surface area contributed by atoms with Crippen molar-refractivity contribution in [3.63, 3.8) is 0 Å². The average Bonchev–Trinajstić information content (AvgIpc) is 2.93. The minimum absolute atomic E-state index is 0.145.